The van der Waals surface area contributed by atoms with E-state index in [0.29, 0.717) is 17.1 Å². The minimum atomic E-state index is -0.680. The Morgan fingerprint density at radius 2 is 2.10 bits per heavy atom. The Kier molecular flexibility index (Phi) is 6.03. The molecule has 5 nitrogen and oxygen atoms in total. The number of carbonyl (C=O) groups excluding carboxylic acids is 1. The van der Waals surface area contributed by atoms with Crippen LogP contribution in [0.2, 0.25) is 0 Å². The van der Waals surface area contributed by atoms with E-state index < -0.39 is 6.10 Å². The minimum absolute atomic E-state index is 0.101. The monoisotopic (exact) mass is 295 g/mol. The van der Waals surface area contributed by atoms with Gasteiger partial charge in [-0.15, -0.1) is 0 Å². The van der Waals surface area contributed by atoms with E-state index in [4.69, 9.17) is 9.47 Å². The second kappa shape index (κ2) is 7.31. The summed E-state index contributed by atoms with van der Waals surface area (Å²) in [6.45, 7) is 7.47. The summed E-state index contributed by atoms with van der Waals surface area (Å²) in [6.07, 6.45) is 0.151. The lowest BCUT2D eigenvalue weighted by Crippen LogP contribution is -2.44. The molecule has 0 aliphatic heterocycles. The molecule has 1 rings (SSSR count). The first-order valence-corrected chi connectivity index (χ1v) is 7.09. The highest BCUT2D eigenvalue weighted by molar-refractivity contribution is 5.78. The molecule has 0 heterocycles. The molecule has 0 aliphatic rings. The first-order chi connectivity index (χ1) is 9.79. The van der Waals surface area contributed by atoms with Crippen molar-refractivity contribution in [1.29, 1.82) is 0 Å². The normalized spacial score (nSPS) is 12.7. The first kappa shape index (κ1) is 17.3. The summed E-state index contributed by atoms with van der Waals surface area (Å²) < 4.78 is 10.7. The number of nitrogens with one attached hydrogen (secondary N) is 1. The van der Waals surface area contributed by atoms with Crippen LogP contribution in [0.15, 0.2) is 18.2 Å². The molecule has 0 fully saturated rings. The lowest BCUT2D eigenvalue weighted by atomic mass is 10.0. The molecule has 21 heavy (non-hydrogen) atoms. The third-order valence-electron chi connectivity index (χ3n) is 3.39. The van der Waals surface area contributed by atoms with Crippen LogP contribution in [0.5, 0.6) is 11.5 Å². The van der Waals surface area contributed by atoms with Gasteiger partial charge in [0.05, 0.1) is 13.2 Å². The van der Waals surface area contributed by atoms with Gasteiger partial charge in [0.15, 0.2) is 6.61 Å². The van der Waals surface area contributed by atoms with Crippen molar-refractivity contribution in [2.24, 2.45) is 0 Å². The Morgan fingerprint density at radius 1 is 1.43 bits per heavy atom. The first-order valence-electron chi connectivity index (χ1n) is 7.09. The molecule has 0 saturated heterocycles. The fourth-order valence-electron chi connectivity index (χ4n) is 1.76. The van der Waals surface area contributed by atoms with Crippen LogP contribution >= 0.6 is 0 Å². The molecule has 0 saturated carbocycles. The average molecular weight is 295 g/mol. The number of aliphatic hydroxyl groups is 1. The van der Waals surface area contributed by atoms with Crippen LogP contribution in [0.25, 0.3) is 0 Å². The molecule has 1 amide bonds. The number of amides is 1. The highest BCUT2D eigenvalue weighted by Gasteiger charge is 2.19. The van der Waals surface area contributed by atoms with Crippen molar-refractivity contribution in [3.63, 3.8) is 0 Å². The van der Waals surface area contributed by atoms with Crippen LogP contribution in [-0.2, 0) is 4.79 Å². The summed E-state index contributed by atoms with van der Waals surface area (Å²) in [5.74, 6) is 0.874. The van der Waals surface area contributed by atoms with Crippen LogP contribution in [0.3, 0.4) is 0 Å². The predicted octanol–water partition coefficient (Wildman–Crippen LogP) is 2.43. The molecule has 118 valence electrons. The lowest BCUT2D eigenvalue weighted by molar-refractivity contribution is -0.124. The Labute approximate surface area is 126 Å². The van der Waals surface area contributed by atoms with Crippen LogP contribution in [0.4, 0.5) is 0 Å². The zero-order valence-corrected chi connectivity index (χ0v) is 13.4. The molecule has 0 radical (unpaired) electrons. The summed E-state index contributed by atoms with van der Waals surface area (Å²) in [4.78, 5) is 11.9. The van der Waals surface area contributed by atoms with E-state index in [0.717, 1.165) is 6.42 Å². The molecule has 5 heteroatoms. The van der Waals surface area contributed by atoms with E-state index >= 15 is 0 Å². The Hall–Kier alpha value is -1.75. The zero-order chi connectivity index (χ0) is 16.0. The fourth-order valence-corrected chi connectivity index (χ4v) is 1.76. The van der Waals surface area contributed by atoms with Crippen molar-refractivity contribution in [3.8, 4) is 11.5 Å². The number of hydrogen-bond acceptors (Lipinski definition) is 4. The van der Waals surface area contributed by atoms with Crippen molar-refractivity contribution in [2.75, 3.05) is 13.7 Å². The van der Waals surface area contributed by atoms with Crippen molar-refractivity contribution < 1.29 is 19.4 Å². The van der Waals surface area contributed by atoms with E-state index in [2.05, 4.69) is 5.32 Å². The number of hydrogen-bond donors (Lipinski definition) is 2. The topological polar surface area (TPSA) is 67.8 Å². The maximum Gasteiger partial charge on any atom is 0.258 e. The van der Waals surface area contributed by atoms with E-state index in [1.807, 2.05) is 20.8 Å². The molecule has 0 aromatic heterocycles. The van der Waals surface area contributed by atoms with Gasteiger partial charge in [0, 0.05) is 17.2 Å². The third kappa shape index (κ3) is 5.27. The minimum Gasteiger partial charge on any atom is -0.497 e. The lowest BCUT2D eigenvalue weighted by Gasteiger charge is -2.24. The van der Waals surface area contributed by atoms with Gasteiger partial charge in [-0.25, -0.2) is 0 Å². The van der Waals surface area contributed by atoms with Crippen molar-refractivity contribution >= 4 is 5.91 Å². The number of benzene rings is 1. The summed E-state index contributed by atoms with van der Waals surface area (Å²) in [6, 6.07) is 5.14. The van der Waals surface area contributed by atoms with E-state index in [1.54, 1.807) is 32.2 Å². The molecular weight excluding hydrogens is 270 g/mol. The summed E-state index contributed by atoms with van der Waals surface area (Å²) >= 11 is 0. The standard InChI is InChI=1S/C16H25NO4/c1-6-16(3,4)17-15(19)10-21-14-9-12(20-5)7-8-13(14)11(2)18/h7-9,11,18H,6,10H2,1-5H3,(H,17,19)/t11-/m0/s1. The van der Waals surface area contributed by atoms with Gasteiger partial charge in [0.2, 0.25) is 0 Å². The number of ether oxygens (including phenoxy) is 2. The molecule has 1 aromatic rings. The summed E-state index contributed by atoms with van der Waals surface area (Å²) in [7, 11) is 1.55. The van der Waals surface area contributed by atoms with Gasteiger partial charge in [0.25, 0.3) is 5.91 Å². The zero-order valence-electron chi connectivity index (χ0n) is 13.4. The molecular formula is C16H25NO4. The number of methoxy groups -OCH3 is 1. The molecule has 0 unspecified atom stereocenters. The van der Waals surface area contributed by atoms with Gasteiger partial charge in [0.1, 0.15) is 11.5 Å². The number of carbonyl (C=O) groups is 1. The van der Waals surface area contributed by atoms with Crippen LogP contribution in [-0.4, -0.2) is 30.3 Å². The van der Waals surface area contributed by atoms with Gasteiger partial charge < -0.3 is 19.9 Å². The number of aliphatic hydroxyl groups excluding tert-OH is 1. The smallest absolute Gasteiger partial charge is 0.258 e. The molecule has 0 aliphatic carbocycles. The molecule has 0 bridgehead atoms. The Balaban J connectivity index is 2.76. The van der Waals surface area contributed by atoms with Crippen LogP contribution in [0.1, 0.15) is 45.8 Å². The van der Waals surface area contributed by atoms with Gasteiger partial charge in [-0.05, 0) is 39.3 Å². The summed E-state index contributed by atoms with van der Waals surface area (Å²) in [5, 5.41) is 12.6. The molecule has 1 aromatic carbocycles. The van der Waals surface area contributed by atoms with Crippen molar-refractivity contribution in [3.05, 3.63) is 23.8 Å². The van der Waals surface area contributed by atoms with E-state index in [-0.39, 0.29) is 18.1 Å². The quantitative estimate of drug-likeness (QED) is 0.810. The predicted molar refractivity (Wildman–Crippen MR) is 81.6 cm³/mol. The van der Waals surface area contributed by atoms with E-state index in [1.165, 1.54) is 0 Å². The van der Waals surface area contributed by atoms with Crippen LogP contribution in [0, 0.1) is 0 Å². The van der Waals surface area contributed by atoms with Gasteiger partial charge in [-0.3, -0.25) is 4.79 Å². The maximum atomic E-state index is 11.9. The van der Waals surface area contributed by atoms with Crippen LogP contribution < -0.4 is 14.8 Å². The molecule has 1 atom stereocenters. The fraction of sp³-hybridized carbons (Fsp3) is 0.562. The second-order valence-corrected chi connectivity index (χ2v) is 5.65. The van der Waals surface area contributed by atoms with Gasteiger partial charge in [-0.1, -0.05) is 6.92 Å². The highest BCUT2D eigenvalue weighted by Crippen LogP contribution is 2.29. The Bertz CT molecular complexity index is 483. The maximum absolute atomic E-state index is 11.9. The number of rotatable bonds is 7. The average Bonchev–Trinajstić information content (AvgIpc) is 2.44. The SMILES string of the molecule is CCC(C)(C)NC(=O)COc1cc(OC)ccc1[C@H](C)O. The third-order valence-corrected chi connectivity index (χ3v) is 3.39. The molecule has 2 N–H and O–H groups in total. The largest absolute Gasteiger partial charge is 0.497 e. The van der Waals surface area contributed by atoms with Crippen molar-refractivity contribution in [2.45, 2.75) is 45.8 Å². The van der Waals surface area contributed by atoms with Gasteiger partial charge in [-0.2, -0.15) is 0 Å². The second-order valence-electron chi connectivity index (χ2n) is 5.65. The molecule has 0 spiro atoms. The summed E-state index contributed by atoms with van der Waals surface area (Å²) in [5.41, 5.74) is 0.361. The highest BCUT2D eigenvalue weighted by atomic mass is 16.5. The van der Waals surface area contributed by atoms with E-state index in [9.17, 15) is 9.90 Å². The van der Waals surface area contributed by atoms with Crippen molar-refractivity contribution in [1.82, 2.24) is 5.32 Å². The van der Waals surface area contributed by atoms with Gasteiger partial charge >= 0.3 is 0 Å². The Morgan fingerprint density at radius 3 is 2.62 bits per heavy atom.